The molecule has 0 heterocycles. The Kier molecular flexibility index (Phi) is 4.64. The van der Waals surface area contributed by atoms with E-state index in [0.717, 1.165) is 11.3 Å². The van der Waals surface area contributed by atoms with Crippen LogP contribution in [0, 0.1) is 6.92 Å². The minimum atomic E-state index is 0.466. The van der Waals surface area contributed by atoms with Gasteiger partial charge in [0.05, 0.1) is 10.7 Å². The molecular formula is C14H12Cl2N2S. The average Bonchev–Trinajstić information content (AvgIpc) is 2.37. The lowest BCUT2D eigenvalue weighted by molar-refractivity contribution is 1.46. The van der Waals surface area contributed by atoms with E-state index in [1.807, 2.05) is 37.3 Å². The summed E-state index contributed by atoms with van der Waals surface area (Å²) in [6.45, 7) is 1.90. The molecule has 0 unspecified atom stereocenters. The predicted molar refractivity (Wildman–Crippen MR) is 87.5 cm³/mol. The fourth-order valence-electron chi connectivity index (χ4n) is 1.55. The van der Waals surface area contributed by atoms with Crippen LogP contribution in [0.15, 0.2) is 42.5 Å². The fourth-order valence-corrected chi connectivity index (χ4v) is 2.21. The van der Waals surface area contributed by atoms with Gasteiger partial charge in [0.25, 0.3) is 0 Å². The van der Waals surface area contributed by atoms with Crippen molar-refractivity contribution in [3.8, 4) is 0 Å². The molecule has 0 saturated heterocycles. The molecule has 2 nitrogen and oxygen atoms in total. The average molecular weight is 311 g/mol. The second-order valence-electron chi connectivity index (χ2n) is 4.03. The van der Waals surface area contributed by atoms with Gasteiger partial charge in [-0.2, -0.15) is 0 Å². The molecule has 0 saturated carbocycles. The van der Waals surface area contributed by atoms with E-state index in [1.165, 1.54) is 0 Å². The maximum Gasteiger partial charge on any atom is 0.175 e. The van der Waals surface area contributed by atoms with Gasteiger partial charge in [-0.05, 0) is 49.0 Å². The van der Waals surface area contributed by atoms with Crippen LogP contribution in [0.2, 0.25) is 10.0 Å². The third-order valence-electron chi connectivity index (χ3n) is 2.53. The number of para-hydroxylation sites is 1. The SMILES string of the molecule is Cc1cc(Cl)c(NC(=S)Nc2ccccc2)cc1Cl. The van der Waals surface area contributed by atoms with Gasteiger partial charge in [0.15, 0.2) is 5.11 Å². The molecule has 0 aromatic heterocycles. The van der Waals surface area contributed by atoms with Crippen molar-refractivity contribution in [3.63, 3.8) is 0 Å². The Labute approximate surface area is 127 Å². The minimum Gasteiger partial charge on any atom is -0.332 e. The molecule has 2 aromatic rings. The maximum atomic E-state index is 6.14. The second-order valence-corrected chi connectivity index (χ2v) is 5.25. The molecule has 2 aromatic carbocycles. The first-order valence-electron chi connectivity index (χ1n) is 5.65. The molecule has 0 aliphatic rings. The number of thiocarbonyl (C=S) groups is 1. The van der Waals surface area contributed by atoms with Crippen LogP contribution in [0.1, 0.15) is 5.56 Å². The Morgan fingerprint density at radius 2 is 1.68 bits per heavy atom. The zero-order valence-corrected chi connectivity index (χ0v) is 12.5. The Morgan fingerprint density at radius 1 is 1.00 bits per heavy atom. The summed E-state index contributed by atoms with van der Waals surface area (Å²) in [5.41, 5.74) is 2.53. The summed E-state index contributed by atoms with van der Waals surface area (Å²) in [6.07, 6.45) is 0. The second kappa shape index (κ2) is 6.24. The van der Waals surface area contributed by atoms with Gasteiger partial charge in [0.2, 0.25) is 0 Å². The van der Waals surface area contributed by atoms with Crippen molar-refractivity contribution in [2.75, 3.05) is 10.6 Å². The van der Waals surface area contributed by atoms with E-state index in [9.17, 15) is 0 Å². The molecule has 2 rings (SSSR count). The number of halogens is 2. The summed E-state index contributed by atoms with van der Waals surface area (Å²) < 4.78 is 0. The molecule has 0 amide bonds. The molecule has 0 radical (unpaired) electrons. The van der Waals surface area contributed by atoms with Crippen LogP contribution < -0.4 is 10.6 Å². The van der Waals surface area contributed by atoms with Crippen LogP contribution in [0.25, 0.3) is 0 Å². The number of nitrogens with one attached hydrogen (secondary N) is 2. The highest BCUT2D eigenvalue weighted by Gasteiger charge is 2.06. The molecule has 2 N–H and O–H groups in total. The van der Waals surface area contributed by atoms with Crippen molar-refractivity contribution in [2.45, 2.75) is 6.92 Å². The van der Waals surface area contributed by atoms with Crippen LogP contribution in [0.3, 0.4) is 0 Å². The van der Waals surface area contributed by atoms with Gasteiger partial charge < -0.3 is 10.6 Å². The fraction of sp³-hybridized carbons (Fsp3) is 0.0714. The van der Waals surface area contributed by atoms with Crippen LogP contribution in [0.5, 0.6) is 0 Å². The number of benzene rings is 2. The van der Waals surface area contributed by atoms with E-state index < -0.39 is 0 Å². The lowest BCUT2D eigenvalue weighted by atomic mass is 10.2. The Bertz CT molecular complexity index is 600. The zero-order valence-electron chi connectivity index (χ0n) is 10.2. The van der Waals surface area contributed by atoms with Crippen LogP contribution in [-0.4, -0.2) is 5.11 Å². The standard InChI is InChI=1S/C14H12Cl2N2S/c1-9-7-12(16)13(8-11(9)15)18-14(19)17-10-5-3-2-4-6-10/h2-8H,1H3,(H2,17,18,19). The monoisotopic (exact) mass is 310 g/mol. The van der Waals surface area contributed by atoms with Crippen molar-refractivity contribution in [1.29, 1.82) is 0 Å². The lowest BCUT2D eigenvalue weighted by Crippen LogP contribution is -2.19. The first-order valence-corrected chi connectivity index (χ1v) is 6.81. The largest absolute Gasteiger partial charge is 0.332 e. The normalized spacial score (nSPS) is 10.1. The van der Waals surface area contributed by atoms with Gasteiger partial charge in [0.1, 0.15) is 0 Å². The first-order chi connectivity index (χ1) is 9.06. The van der Waals surface area contributed by atoms with E-state index in [-0.39, 0.29) is 0 Å². The van der Waals surface area contributed by atoms with Crippen LogP contribution >= 0.6 is 35.4 Å². The van der Waals surface area contributed by atoms with Crippen LogP contribution in [0.4, 0.5) is 11.4 Å². The number of hydrogen-bond donors (Lipinski definition) is 2. The molecule has 19 heavy (non-hydrogen) atoms. The molecule has 0 aliphatic heterocycles. The molecule has 98 valence electrons. The number of rotatable bonds is 2. The van der Waals surface area contributed by atoms with Gasteiger partial charge in [0, 0.05) is 10.7 Å². The zero-order chi connectivity index (χ0) is 13.8. The van der Waals surface area contributed by atoms with Gasteiger partial charge >= 0.3 is 0 Å². The lowest BCUT2D eigenvalue weighted by Gasteiger charge is -2.12. The van der Waals surface area contributed by atoms with E-state index in [1.54, 1.807) is 12.1 Å². The predicted octanol–water partition coefficient (Wildman–Crippen LogP) is 5.11. The third-order valence-corrected chi connectivity index (χ3v) is 3.45. The molecule has 0 spiro atoms. The van der Waals surface area contributed by atoms with E-state index in [4.69, 9.17) is 35.4 Å². The van der Waals surface area contributed by atoms with Gasteiger partial charge in [-0.15, -0.1) is 0 Å². The number of aryl methyl sites for hydroxylation is 1. The Morgan fingerprint density at radius 3 is 2.37 bits per heavy atom. The highest BCUT2D eigenvalue weighted by Crippen LogP contribution is 2.28. The molecule has 5 heteroatoms. The molecular weight excluding hydrogens is 299 g/mol. The maximum absolute atomic E-state index is 6.14. The van der Waals surface area contributed by atoms with E-state index in [0.29, 0.717) is 20.8 Å². The van der Waals surface area contributed by atoms with E-state index >= 15 is 0 Å². The van der Waals surface area contributed by atoms with Crippen molar-refractivity contribution in [3.05, 3.63) is 58.1 Å². The van der Waals surface area contributed by atoms with Crippen LogP contribution in [-0.2, 0) is 0 Å². The quantitative estimate of drug-likeness (QED) is 0.754. The smallest absolute Gasteiger partial charge is 0.175 e. The van der Waals surface area contributed by atoms with Crippen molar-refractivity contribution in [1.82, 2.24) is 0 Å². The van der Waals surface area contributed by atoms with Gasteiger partial charge in [-0.25, -0.2) is 0 Å². The topological polar surface area (TPSA) is 24.1 Å². The summed E-state index contributed by atoms with van der Waals surface area (Å²) in [7, 11) is 0. The molecule has 0 bridgehead atoms. The van der Waals surface area contributed by atoms with Crippen molar-refractivity contribution >= 4 is 51.9 Å². The Hall–Kier alpha value is -1.29. The third kappa shape index (κ3) is 3.83. The summed E-state index contributed by atoms with van der Waals surface area (Å²) >= 11 is 17.4. The first kappa shape index (κ1) is 14.1. The van der Waals surface area contributed by atoms with E-state index in [2.05, 4.69) is 10.6 Å². The molecule has 0 fully saturated rings. The van der Waals surface area contributed by atoms with Crippen molar-refractivity contribution < 1.29 is 0 Å². The minimum absolute atomic E-state index is 0.466. The Balaban J connectivity index is 2.09. The van der Waals surface area contributed by atoms with Gasteiger partial charge in [-0.1, -0.05) is 41.4 Å². The molecule has 0 aliphatic carbocycles. The number of anilines is 2. The van der Waals surface area contributed by atoms with Gasteiger partial charge in [-0.3, -0.25) is 0 Å². The summed E-state index contributed by atoms with van der Waals surface area (Å²) in [5, 5.41) is 7.80. The number of hydrogen-bond acceptors (Lipinski definition) is 1. The molecule has 0 atom stereocenters. The summed E-state index contributed by atoms with van der Waals surface area (Å²) in [5.74, 6) is 0. The summed E-state index contributed by atoms with van der Waals surface area (Å²) in [4.78, 5) is 0. The van der Waals surface area contributed by atoms with Crippen molar-refractivity contribution in [2.24, 2.45) is 0 Å². The summed E-state index contributed by atoms with van der Waals surface area (Å²) in [6, 6.07) is 13.2. The highest BCUT2D eigenvalue weighted by molar-refractivity contribution is 7.80. The highest BCUT2D eigenvalue weighted by atomic mass is 35.5.